The number of nitrogens with zero attached hydrogens (tertiary/aromatic N) is 3. The fourth-order valence-electron chi connectivity index (χ4n) is 2.76. The third-order valence-electron chi connectivity index (χ3n) is 4.00. The van der Waals surface area contributed by atoms with Gasteiger partial charge in [0.15, 0.2) is 0 Å². The molecule has 0 fully saturated rings. The van der Waals surface area contributed by atoms with Gasteiger partial charge in [-0.15, -0.1) is 0 Å². The van der Waals surface area contributed by atoms with E-state index < -0.39 is 0 Å². The number of amides is 1. The first-order valence-electron chi connectivity index (χ1n) is 9.16. The number of anilines is 2. The van der Waals surface area contributed by atoms with E-state index in [1.165, 1.54) is 0 Å². The molecule has 7 nitrogen and oxygen atoms in total. The summed E-state index contributed by atoms with van der Waals surface area (Å²) >= 11 is 0. The minimum Gasteiger partial charge on any atom is -0.497 e. The van der Waals surface area contributed by atoms with Crippen LogP contribution in [0.2, 0.25) is 0 Å². The van der Waals surface area contributed by atoms with Crippen molar-refractivity contribution in [2.75, 3.05) is 37.5 Å². The zero-order valence-corrected chi connectivity index (χ0v) is 16.7. The normalized spacial score (nSPS) is 10.4. The molecule has 1 amide bonds. The fourth-order valence-corrected chi connectivity index (χ4v) is 2.76. The number of methoxy groups -OCH3 is 2. The van der Waals surface area contributed by atoms with Gasteiger partial charge < -0.3 is 19.7 Å². The molecule has 2 aromatic rings. The second kappa shape index (κ2) is 9.75. The third-order valence-corrected chi connectivity index (χ3v) is 4.00. The van der Waals surface area contributed by atoms with Crippen LogP contribution in [0, 0.1) is 6.92 Å². The highest BCUT2D eigenvalue weighted by Gasteiger charge is 2.16. The van der Waals surface area contributed by atoms with Gasteiger partial charge in [-0.3, -0.25) is 4.79 Å². The molecule has 1 aromatic heterocycles. The lowest BCUT2D eigenvalue weighted by atomic mass is 10.2. The maximum absolute atomic E-state index is 12.8. The highest BCUT2D eigenvalue weighted by Crippen LogP contribution is 2.29. The van der Waals surface area contributed by atoms with Crippen LogP contribution < -0.4 is 19.7 Å². The van der Waals surface area contributed by atoms with E-state index in [2.05, 4.69) is 34.0 Å². The molecule has 0 bridgehead atoms. The van der Waals surface area contributed by atoms with E-state index in [0.29, 0.717) is 28.8 Å². The summed E-state index contributed by atoms with van der Waals surface area (Å²) < 4.78 is 10.5. The standard InChI is InChI=1S/C20H28N4O3/c1-6-10-24(11-7-2)20-21-14(3)12-17(23-20)19(25)22-16-13-15(26-4)8-9-18(16)27-5/h8-9,12-13H,6-7,10-11H2,1-5H3,(H,22,25). The average molecular weight is 372 g/mol. The number of aryl methyl sites for hydroxylation is 1. The van der Waals surface area contributed by atoms with Crippen molar-refractivity contribution >= 4 is 17.5 Å². The molecule has 0 saturated carbocycles. The molecule has 1 N–H and O–H groups in total. The van der Waals surface area contributed by atoms with Crippen LogP contribution in [0.5, 0.6) is 11.5 Å². The molecule has 27 heavy (non-hydrogen) atoms. The summed E-state index contributed by atoms with van der Waals surface area (Å²) in [5.41, 5.74) is 1.60. The molecular formula is C20H28N4O3. The molecule has 0 aliphatic rings. The number of ether oxygens (including phenoxy) is 2. The quantitative estimate of drug-likeness (QED) is 0.723. The van der Waals surface area contributed by atoms with Crippen LogP contribution in [0.15, 0.2) is 24.3 Å². The van der Waals surface area contributed by atoms with Crippen LogP contribution in [0.1, 0.15) is 42.9 Å². The van der Waals surface area contributed by atoms with E-state index in [0.717, 1.165) is 31.6 Å². The maximum Gasteiger partial charge on any atom is 0.274 e. The van der Waals surface area contributed by atoms with Gasteiger partial charge in [0.1, 0.15) is 17.2 Å². The van der Waals surface area contributed by atoms with E-state index in [1.54, 1.807) is 38.5 Å². The summed E-state index contributed by atoms with van der Waals surface area (Å²) in [5, 5.41) is 2.86. The van der Waals surface area contributed by atoms with Crippen LogP contribution >= 0.6 is 0 Å². The Labute approximate surface area is 160 Å². The van der Waals surface area contributed by atoms with Gasteiger partial charge in [-0.05, 0) is 38.0 Å². The molecule has 0 aliphatic carbocycles. The minimum atomic E-state index is -0.318. The van der Waals surface area contributed by atoms with Gasteiger partial charge in [0.2, 0.25) is 5.95 Å². The summed E-state index contributed by atoms with van der Waals surface area (Å²) in [7, 11) is 3.13. The van der Waals surface area contributed by atoms with Crippen LogP contribution in [-0.2, 0) is 0 Å². The smallest absolute Gasteiger partial charge is 0.274 e. The number of benzene rings is 1. The van der Waals surface area contributed by atoms with Crippen LogP contribution in [0.3, 0.4) is 0 Å². The molecule has 7 heteroatoms. The van der Waals surface area contributed by atoms with Crippen molar-refractivity contribution in [3.05, 3.63) is 35.7 Å². The Bertz CT molecular complexity index is 774. The number of hydrogen-bond acceptors (Lipinski definition) is 6. The van der Waals surface area contributed by atoms with Crippen molar-refractivity contribution in [1.82, 2.24) is 9.97 Å². The summed E-state index contributed by atoms with van der Waals surface area (Å²) in [6, 6.07) is 6.91. The van der Waals surface area contributed by atoms with Crippen molar-refractivity contribution in [2.24, 2.45) is 0 Å². The van der Waals surface area contributed by atoms with Gasteiger partial charge in [-0.25, -0.2) is 9.97 Å². The second-order valence-corrected chi connectivity index (χ2v) is 6.20. The van der Waals surface area contributed by atoms with E-state index in [4.69, 9.17) is 9.47 Å². The Morgan fingerprint density at radius 1 is 1.07 bits per heavy atom. The minimum absolute atomic E-state index is 0.318. The SMILES string of the molecule is CCCN(CCC)c1nc(C)cc(C(=O)Nc2cc(OC)ccc2OC)n1. The number of nitrogens with one attached hydrogen (secondary N) is 1. The van der Waals surface area contributed by atoms with Crippen LogP contribution in [-0.4, -0.2) is 43.2 Å². The van der Waals surface area contributed by atoms with E-state index in [9.17, 15) is 4.79 Å². The van der Waals surface area contributed by atoms with E-state index >= 15 is 0 Å². The number of carbonyl (C=O) groups excluding carboxylic acids is 1. The Morgan fingerprint density at radius 3 is 2.37 bits per heavy atom. The molecule has 2 rings (SSSR count). The van der Waals surface area contributed by atoms with Gasteiger partial charge >= 0.3 is 0 Å². The molecule has 0 spiro atoms. The zero-order chi connectivity index (χ0) is 19.8. The molecule has 0 atom stereocenters. The highest BCUT2D eigenvalue weighted by molar-refractivity contribution is 6.04. The molecular weight excluding hydrogens is 344 g/mol. The van der Waals surface area contributed by atoms with Crippen molar-refractivity contribution in [3.8, 4) is 11.5 Å². The number of carbonyl (C=O) groups is 1. The van der Waals surface area contributed by atoms with Gasteiger partial charge in [-0.2, -0.15) is 0 Å². The van der Waals surface area contributed by atoms with Crippen LogP contribution in [0.4, 0.5) is 11.6 Å². The van der Waals surface area contributed by atoms with Gasteiger partial charge in [0.05, 0.1) is 19.9 Å². The number of aromatic nitrogens is 2. The lowest BCUT2D eigenvalue weighted by molar-refractivity contribution is 0.102. The first kappa shape index (κ1) is 20.5. The molecule has 0 radical (unpaired) electrons. The van der Waals surface area contributed by atoms with Crippen molar-refractivity contribution in [2.45, 2.75) is 33.6 Å². The predicted molar refractivity (Wildman–Crippen MR) is 107 cm³/mol. The molecule has 0 saturated heterocycles. The lowest BCUT2D eigenvalue weighted by Crippen LogP contribution is -2.28. The summed E-state index contributed by atoms with van der Waals surface area (Å²) in [6.07, 6.45) is 1.97. The van der Waals surface area contributed by atoms with Crippen LogP contribution in [0.25, 0.3) is 0 Å². The van der Waals surface area contributed by atoms with Crippen molar-refractivity contribution in [3.63, 3.8) is 0 Å². The van der Waals surface area contributed by atoms with Gasteiger partial charge in [0, 0.05) is 24.8 Å². The third kappa shape index (κ3) is 5.32. The summed E-state index contributed by atoms with van der Waals surface area (Å²) in [4.78, 5) is 23.9. The average Bonchev–Trinajstić information content (AvgIpc) is 2.67. The molecule has 1 aromatic carbocycles. The lowest BCUT2D eigenvalue weighted by Gasteiger charge is -2.22. The summed E-state index contributed by atoms with van der Waals surface area (Å²) in [6.45, 7) is 7.79. The first-order chi connectivity index (χ1) is 13.0. The number of hydrogen-bond donors (Lipinski definition) is 1. The van der Waals surface area contributed by atoms with Gasteiger partial charge in [-0.1, -0.05) is 13.8 Å². The number of rotatable bonds is 9. The Hall–Kier alpha value is -2.83. The van der Waals surface area contributed by atoms with Crippen molar-refractivity contribution in [1.29, 1.82) is 0 Å². The molecule has 0 aliphatic heterocycles. The second-order valence-electron chi connectivity index (χ2n) is 6.20. The Kier molecular flexibility index (Phi) is 7.40. The molecule has 146 valence electrons. The van der Waals surface area contributed by atoms with E-state index in [1.807, 2.05) is 6.92 Å². The Morgan fingerprint density at radius 2 is 1.78 bits per heavy atom. The first-order valence-corrected chi connectivity index (χ1v) is 9.16. The predicted octanol–water partition coefficient (Wildman–Crippen LogP) is 3.68. The molecule has 0 unspecified atom stereocenters. The van der Waals surface area contributed by atoms with Gasteiger partial charge in [0.25, 0.3) is 5.91 Å². The Balaban J connectivity index is 2.31. The monoisotopic (exact) mass is 372 g/mol. The van der Waals surface area contributed by atoms with E-state index in [-0.39, 0.29) is 5.91 Å². The topological polar surface area (TPSA) is 76.6 Å². The van der Waals surface area contributed by atoms with Crippen molar-refractivity contribution < 1.29 is 14.3 Å². The maximum atomic E-state index is 12.8. The zero-order valence-electron chi connectivity index (χ0n) is 16.7. The summed E-state index contributed by atoms with van der Waals surface area (Å²) in [5.74, 6) is 1.44. The largest absolute Gasteiger partial charge is 0.497 e. The molecule has 1 heterocycles. The highest BCUT2D eigenvalue weighted by atomic mass is 16.5. The fraction of sp³-hybridized carbons (Fsp3) is 0.450.